The van der Waals surface area contributed by atoms with Crippen molar-refractivity contribution in [2.75, 3.05) is 11.4 Å². The van der Waals surface area contributed by atoms with Crippen molar-refractivity contribution < 1.29 is 4.92 Å². The molecule has 1 aromatic carbocycles. The Balaban J connectivity index is 2.02. The molecule has 0 aliphatic heterocycles. The molecule has 2 aliphatic carbocycles. The second-order valence-corrected chi connectivity index (χ2v) is 8.65. The van der Waals surface area contributed by atoms with Gasteiger partial charge in [0.2, 0.25) is 0 Å². The van der Waals surface area contributed by atoms with Crippen molar-refractivity contribution in [3.63, 3.8) is 0 Å². The summed E-state index contributed by atoms with van der Waals surface area (Å²) in [5, 5.41) is 12.0. The maximum atomic E-state index is 12.0. The normalized spacial score (nSPS) is 19.8. The predicted octanol–water partition coefficient (Wildman–Crippen LogP) is 6.08. The van der Waals surface area contributed by atoms with Crippen LogP contribution in [0.5, 0.6) is 0 Å². The third kappa shape index (κ3) is 4.10. The van der Waals surface area contributed by atoms with Gasteiger partial charge in [0.05, 0.1) is 4.92 Å². The lowest BCUT2D eigenvalue weighted by molar-refractivity contribution is -0.384. The van der Waals surface area contributed by atoms with Gasteiger partial charge < -0.3 is 9.74 Å². The van der Waals surface area contributed by atoms with Gasteiger partial charge in [-0.1, -0.05) is 33.1 Å². The van der Waals surface area contributed by atoms with Crippen molar-refractivity contribution >= 4 is 11.4 Å². The van der Waals surface area contributed by atoms with Crippen LogP contribution in [0.2, 0.25) is 0 Å². The molecule has 0 aromatic heterocycles. The minimum absolute atomic E-state index is 0.175. The summed E-state index contributed by atoms with van der Waals surface area (Å²) >= 11 is 0. The average molecular weight is 370 g/mol. The molecule has 0 N–H and O–H groups in total. The number of rotatable bonds is 6. The van der Waals surface area contributed by atoms with Crippen molar-refractivity contribution in [2.24, 2.45) is 5.92 Å². The molecule has 5 nitrogen and oxygen atoms in total. The maximum Gasteiger partial charge on any atom is 0.293 e. The van der Waals surface area contributed by atoms with E-state index in [1.807, 2.05) is 12.1 Å². The number of nitro benzene ring substituents is 1. The number of nitro groups is 1. The van der Waals surface area contributed by atoms with Gasteiger partial charge in [-0.15, -0.1) is 0 Å². The molecule has 0 amide bonds. The first-order valence-electron chi connectivity index (χ1n) is 10.4. The zero-order valence-corrected chi connectivity index (χ0v) is 16.6. The zero-order valence-electron chi connectivity index (χ0n) is 16.6. The topological polar surface area (TPSA) is 50.7 Å². The Kier molecular flexibility index (Phi) is 6.04. The van der Waals surface area contributed by atoms with E-state index in [1.54, 1.807) is 6.07 Å². The van der Waals surface area contributed by atoms with Gasteiger partial charge in [0.1, 0.15) is 5.69 Å². The number of hydrogen-bond acceptors (Lipinski definition) is 3. The molecule has 146 valence electrons. The van der Waals surface area contributed by atoms with Crippen LogP contribution in [0.3, 0.4) is 0 Å². The van der Waals surface area contributed by atoms with Gasteiger partial charge in [-0.3, -0.25) is 10.1 Å². The fourth-order valence-corrected chi connectivity index (χ4v) is 4.86. The lowest BCUT2D eigenvalue weighted by atomic mass is 9.88. The summed E-state index contributed by atoms with van der Waals surface area (Å²) in [6, 6.07) is 6.00. The summed E-state index contributed by atoms with van der Waals surface area (Å²) in [7, 11) is 0. The number of nitrogens with zero attached hydrogens (tertiary/aromatic N) is 3. The van der Waals surface area contributed by atoms with Gasteiger partial charge in [0.25, 0.3) is 11.2 Å². The molecule has 2 saturated carbocycles. The second kappa shape index (κ2) is 8.29. The lowest BCUT2D eigenvalue weighted by Gasteiger charge is -2.37. The number of benzene rings is 1. The van der Waals surface area contributed by atoms with Crippen LogP contribution >= 0.6 is 0 Å². The molecule has 1 aromatic rings. The van der Waals surface area contributed by atoms with Gasteiger partial charge >= 0.3 is 0 Å². The summed E-state index contributed by atoms with van der Waals surface area (Å²) in [4.78, 5) is 17.9. The minimum atomic E-state index is -0.559. The van der Waals surface area contributed by atoms with Gasteiger partial charge in [-0.2, -0.15) is 0 Å². The first-order valence-corrected chi connectivity index (χ1v) is 10.4. The van der Waals surface area contributed by atoms with Crippen LogP contribution in [0.4, 0.5) is 11.4 Å². The Morgan fingerprint density at radius 1 is 1.22 bits per heavy atom. The highest BCUT2D eigenvalue weighted by molar-refractivity contribution is 5.66. The molecule has 2 aliphatic rings. The highest BCUT2D eigenvalue weighted by Crippen LogP contribution is 2.45. The quantitative estimate of drug-likeness (QED) is 0.347. The van der Waals surface area contributed by atoms with E-state index < -0.39 is 5.54 Å². The third-order valence-electron chi connectivity index (χ3n) is 6.24. The Bertz CT molecular complexity index is 711. The maximum absolute atomic E-state index is 12.0. The highest BCUT2D eigenvalue weighted by Gasteiger charge is 2.43. The Morgan fingerprint density at radius 3 is 2.44 bits per heavy atom. The molecule has 27 heavy (non-hydrogen) atoms. The highest BCUT2D eigenvalue weighted by atomic mass is 16.6. The molecule has 5 heteroatoms. The largest absolute Gasteiger partial charge is 0.363 e. The van der Waals surface area contributed by atoms with E-state index in [1.165, 1.54) is 19.3 Å². The van der Waals surface area contributed by atoms with Gasteiger partial charge in [0.15, 0.2) is 0 Å². The SMILES string of the molecule is [C-]#[N+]C1(c2ccc(N(CC(C)C)C3CCCCC3)c([N+](=O)[O-])c2)CCCC1. The van der Waals surface area contributed by atoms with Gasteiger partial charge in [-0.25, -0.2) is 6.57 Å². The molecule has 0 heterocycles. The van der Waals surface area contributed by atoms with Crippen LogP contribution in [0.15, 0.2) is 18.2 Å². The summed E-state index contributed by atoms with van der Waals surface area (Å²) in [5.74, 6) is 0.440. The van der Waals surface area contributed by atoms with Crippen molar-refractivity contribution in [1.29, 1.82) is 0 Å². The summed E-state index contributed by atoms with van der Waals surface area (Å²) < 4.78 is 0. The van der Waals surface area contributed by atoms with Crippen molar-refractivity contribution in [2.45, 2.75) is 83.2 Å². The van der Waals surface area contributed by atoms with Crippen LogP contribution in [0.1, 0.15) is 77.2 Å². The molecular weight excluding hydrogens is 338 g/mol. The van der Waals surface area contributed by atoms with E-state index in [4.69, 9.17) is 6.57 Å². The molecule has 0 spiro atoms. The molecule has 0 radical (unpaired) electrons. The van der Waals surface area contributed by atoms with E-state index in [0.717, 1.165) is 56.3 Å². The molecule has 0 bridgehead atoms. The standard InChI is InChI=1S/C22H31N3O2/c1-17(2)16-24(19-9-5-4-6-10-19)20-12-11-18(15-21(20)25(26)27)22(23-3)13-7-8-14-22/h11-12,15,17,19H,4-10,13-14,16H2,1-2H3. The molecule has 0 saturated heterocycles. The third-order valence-corrected chi connectivity index (χ3v) is 6.24. The summed E-state index contributed by atoms with van der Waals surface area (Å²) in [6.07, 6.45) is 9.56. The van der Waals surface area contributed by atoms with Gasteiger partial charge in [-0.05, 0) is 43.7 Å². The smallest absolute Gasteiger partial charge is 0.293 e. The molecular formula is C22H31N3O2. The van der Waals surface area contributed by atoms with Crippen LogP contribution in [0.25, 0.3) is 4.85 Å². The lowest BCUT2D eigenvalue weighted by Crippen LogP contribution is -2.39. The van der Waals surface area contributed by atoms with E-state index in [2.05, 4.69) is 23.6 Å². The predicted molar refractivity (Wildman–Crippen MR) is 109 cm³/mol. The fraction of sp³-hybridized carbons (Fsp3) is 0.682. The van der Waals surface area contributed by atoms with Crippen LogP contribution in [-0.4, -0.2) is 17.5 Å². The minimum Gasteiger partial charge on any atom is -0.363 e. The summed E-state index contributed by atoms with van der Waals surface area (Å²) in [5.41, 5.74) is 1.19. The monoisotopic (exact) mass is 369 g/mol. The van der Waals surface area contributed by atoms with Crippen molar-refractivity contribution in [1.82, 2.24) is 0 Å². The Morgan fingerprint density at radius 2 is 1.89 bits per heavy atom. The van der Waals surface area contributed by atoms with Crippen LogP contribution < -0.4 is 4.90 Å². The van der Waals surface area contributed by atoms with E-state index in [9.17, 15) is 10.1 Å². The Hall–Kier alpha value is -2.09. The molecule has 3 rings (SSSR count). The van der Waals surface area contributed by atoms with E-state index >= 15 is 0 Å². The van der Waals surface area contributed by atoms with E-state index in [-0.39, 0.29) is 10.6 Å². The summed E-state index contributed by atoms with van der Waals surface area (Å²) in [6.45, 7) is 12.9. The Labute approximate surface area is 162 Å². The molecule has 0 atom stereocenters. The second-order valence-electron chi connectivity index (χ2n) is 8.65. The van der Waals surface area contributed by atoms with E-state index in [0.29, 0.717) is 12.0 Å². The number of hydrogen-bond donors (Lipinski definition) is 0. The van der Waals surface area contributed by atoms with Crippen LogP contribution in [0, 0.1) is 22.6 Å². The average Bonchev–Trinajstić information content (AvgIpc) is 3.16. The molecule has 0 unspecified atom stereocenters. The van der Waals surface area contributed by atoms with Crippen molar-refractivity contribution in [3.05, 3.63) is 45.3 Å². The number of anilines is 1. The first-order chi connectivity index (χ1) is 13.0. The van der Waals surface area contributed by atoms with Gasteiger partial charge in [0, 0.05) is 37.1 Å². The zero-order chi connectivity index (χ0) is 19.4. The molecule has 2 fully saturated rings. The first kappa shape index (κ1) is 19.7. The van der Waals surface area contributed by atoms with Crippen LogP contribution in [-0.2, 0) is 5.54 Å². The van der Waals surface area contributed by atoms with Crippen molar-refractivity contribution in [3.8, 4) is 0 Å². The fourth-order valence-electron chi connectivity index (χ4n) is 4.86.